The van der Waals surface area contributed by atoms with Crippen molar-refractivity contribution in [2.24, 2.45) is 0 Å². The van der Waals surface area contributed by atoms with Crippen LogP contribution in [0.5, 0.6) is 0 Å². The highest BCUT2D eigenvalue weighted by Crippen LogP contribution is 2.15. The molecule has 0 bridgehead atoms. The molecular weight excluding hydrogens is 348 g/mol. The molecule has 1 fully saturated rings. The zero-order valence-corrected chi connectivity index (χ0v) is 15.5. The van der Waals surface area contributed by atoms with Gasteiger partial charge in [0.05, 0.1) is 6.10 Å². The average Bonchev–Trinajstić information content (AvgIpc) is 3.28. The van der Waals surface area contributed by atoms with Gasteiger partial charge in [0.15, 0.2) is 5.82 Å². The molecule has 27 heavy (non-hydrogen) atoms. The van der Waals surface area contributed by atoms with Crippen molar-refractivity contribution in [2.75, 3.05) is 30.3 Å². The van der Waals surface area contributed by atoms with E-state index >= 15 is 0 Å². The lowest BCUT2D eigenvalue weighted by Crippen LogP contribution is -2.44. The Kier molecular flexibility index (Phi) is 6.08. The van der Waals surface area contributed by atoms with E-state index in [4.69, 9.17) is 9.26 Å². The van der Waals surface area contributed by atoms with E-state index < -0.39 is 0 Å². The summed E-state index contributed by atoms with van der Waals surface area (Å²) in [6.45, 7) is 4.64. The van der Waals surface area contributed by atoms with Gasteiger partial charge in [-0.1, -0.05) is 22.9 Å². The number of benzene rings is 1. The van der Waals surface area contributed by atoms with Crippen LogP contribution in [0.25, 0.3) is 0 Å². The number of nitrogens with zero attached hydrogens (tertiary/aromatic N) is 2. The molecular formula is C19H24N4O4. The van der Waals surface area contributed by atoms with Crippen LogP contribution in [0.1, 0.15) is 24.2 Å². The number of carbonyl (C=O) groups excluding carboxylic acids is 2. The molecule has 1 aromatic heterocycles. The summed E-state index contributed by atoms with van der Waals surface area (Å²) in [5, 5.41) is 9.21. The first-order chi connectivity index (χ1) is 13.0. The molecule has 0 spiro atoms. The molecule has 0 radical (unpaired) electrons. The second-order valence-corrected chi connectivity index (χ2v) is 6.68. The van der Waals surface area contributed by atoms with Gasteiger partial charge in [-0.25, -0.2) is 4.79 Å². The Hall–Kier alpha value is -2.87. The Balaban J connectivity index is 1.64. The van der Waals surface area contributed by atoms with Crippen molar-refractivity contribution in [3.63, 3.8) is 0 Å². The molecule has 2 heterocycles. The van der Waals surface area contributed by atoms with Gasteiger partial charge in [-0.15, -0.1) is 0 Å². The zero-order chi connectivity index (χ0) is 19.2. The minimum Gasteiger partial charge on any atom is -0.376 e. The number of ether oxygens (including phenoxy) is 1. The maximum atomic E-state index is 12.7. The molecule has 2 aromatic rings. The van der Waals surface area contributed by atoms with E-state index in [0.29, 0.717) is 30.4 Å². The predicted molar refractivity (Wildman–Crippen MR) is 101 cm³/mol. The van der Waals surface area contributed by atoms with Gasteiger partial charge >= 0.3 is 6.03 Å². The van der Waals surface area contributed by atoms with E-state index in [2.05, 4.69) is 15.8 Å². The molecule has 1 aliphatic heterocycles. The molecule has 1 aromatic carbocycles. The summed E-state index contributed by atoms with van der Waals surface area (Å²) in [7, 11) is 0. The molecule has 1 unspecified atom stereocenters. The summed E-state index contributed by atoms with van der Waals surface area (Å²) in [5.41, 5.74) is 1.78. The fraction of sp³-hybridized carbons (Fsp3) is 0.421. The minimum atomic E-state index is -0.347. The van der Waals surface area contributed by atoms with Crippen molar-refractivity contribution in [3.8, 4) is 0 Å². The number of amides is 3. The van der Waals surface area contributed by atoms with Crippen molar-refractivity contribution in [1.29, 1.82) is 0 Å². The summed E-state index contributed by atoms with van der Waals surface area (Å²) >= 11 is 0. The molecule has 8 heteroatoms. The molecule has 3 amide bonds. The maximum Gasteiger partial charge on any atom is 0.322 e. The van der Waals surface area contributed by atoms with Gasteiger partial charge in [0.1, 0.15) is 12.3 Å². The third-order valence-corrected chi connectivity index (χ3v) is 4.27. The Labute approximate surface area is 157 Å². The number of anilines is 2. The number of rotatable bonds is 6. The van der Waals surface area contributed by atoms with E-state index in [9.17, 15) is 9.59 Å². The number of hydrogen-bond donors (Lipinski definition) is 2. The molecule has 1 saturated heterocycles. The second-order valence-electron chi connectivity index (χ2n) is 6.68. The number of hydrogen-bond acceptors (Lipinski definition) is 5. The fourth-order valence-corrected chi connectivity index (χ4v) is 2.87. The highest BCUT2D eigenvalue weighted by molar-refractivity contribution is 5.96. The van der Waals surface area contributed by atoms with Crippen LogP contribution in [-0.2, 0) is 9.53 Å². The smallest absolute Gasteiger partial charge is 0.322 e. The van der Waals surface area contributed by atoms with E-state index in [0.717, 1.165) is 18.4 Å². The molecule has 2 N–H and O–H groups in total. The Bertz CT molecular complexity index is 781. The quantitative estimate of drug-likeness (QED) is 0.813. The third-order valence-electron chi connectivity index (χ3n) is 4.27. The van der Waals surface area contributed by atoms with Crippen molar-refractivity contribution >= 4 is 23.4 Å². The summed E-state index contributed by atoms with van der Waals surface area (Å²) in [4.78, 5) is 26.5. The van der Waals surface area contributed by atoms with Crippen molar-refractivity contribution in [3.05, 3.63) is 41.7 Å². The molecule has 144 valence electrons. The fourth-order valence-electron chi connectivity index (χ4n) is 2.87. The van der Waals surface area contributed by atoms with Gasteiger partial charge in [0, 0.05) is 24.9 Å². The first kappa shape index (κ1) is 18.9. The Morgan fingerprint density at radius 1 is 1.22 bits per heavy atom. The van der Waals surface area contributed by atoms with E-state index in [-0.39, 0.29) is 24.6 Å². The van der Waals surface area contributed by atoms with Gasteiger partial charge in [-0.3, -0.25) is 4.79 Å². The highest BCUT2D eigenvalue weighted by atomic mass is 16.5. The van der Waals surface area contributed by atoms with Crippen molar-refractivity contribution in [1.82, 2.24) is 10.1 Å². The van der Waals surface area contributed by atoms with Crippen molar-refractivity contribution < 1.29 is 18.8 Å². The van der Waals surface area contributed by atoms with Gasteiger partial charge < -0.3 is 24.8 Å². The number of aromatic nitrogens is 1. The monoisotopic (exact) mass is 372 g/mol. The zero-order valence-electron chi connectivity index (χ0n) is 15.5. The first-order valence-corrected chi connectivity index (χ1v) is 8.97. The van der Waals surface area contributed by atoms with Crippen LogP contribution in [0.2, 0.25) is 0 Å². The largest absolute Gasteiger partial charge is 0.376 e. The summed E-state index contributed by atoms with van der Waals surface area (Å²) < 4.78 is 10.6. The third kappa shape index (κ3) is 5.55. The minimum absolute atomic E-state index is 0.0594. The SMILES string of the molecule is Cc1ccc(NC(=O)N(CC(=O)Nc2cc(C)on2)CC2CCCO2)cc1. The molecule has 0 aliphatic carbocycles. The summed E-state index contributed by atoms with van der Waals surface area (Å²) in [6.07, 6.45) is 1.77. The van der Waals surface area contributed by atoms with Crippen molar-refractivity contribution in [2.45, 2.75) is 32.8 Å². The van der Waals surface area contributed by atoms with Crippen LogP contribution >= 0.6 is 0 Å². The Morgan fingerprint density at radius 2 is 2.00 bits per heavy atom. The van der Waals surface area contributed by atoms with Crippen LogP contribution < -0.4 is 10.6 Å². The number of nitrogens with one attached hydrogen (secondary N) is 2. The lowest BCUT2D eigenvalue weighted by Gasteiger charge is -2.25. The van der Waals surface area contributed by atoms with E-state index in [1.54, 1.807) is 13.0 Å². The van der Waals surface area contributed by atoms with E-state index in [1.807, 2.05) is 31.2 Å². The lowest BCUT2D eigenvalue weighted by molar-refractivity contribution is -0.117. The van der Waals surface area contributed by atoms with Crippen LogP contribution in [0, 0.1) is 13.8 Å². The topological polar surface area (TPSA) is 96.7 Å². The highest BCUT2D eigenvalue weighted by Gasteiger charge is 2.25. The average molecular weight is 372 g/mol. The summed E-state index contributed by atoms with van der Waals surface area (Å²) in [5.74, 6) is 0.576. The molecule has 8 nitrogen and oxygen atoms in total. The normalized spacial score (nSPS) is 16.1. The molecule has 1 aliphatic rings. The lowest BCUT2D eigenvalue weighted by atomic mass is 10.2. The van der Waals surface area contributed by atoms with Gasteiger partial charge in [-0.05, 0) is 38.8 Å². The van der Waals surface area contributed by atoms with Gasteiger partial charge in [0.2, 0.25) is 5.91 Å². The van der Waals surface area contributed by atoms with E-state index in [1.165, 1.54) is 4.90 Å². The van der Waals surface area contributed by atoms with Gasteiger partial charge in [-0.2, -0.15) is 0 Å². The maximum absolute atomic E-state index is 12.7. The van der Waals surface area contributed by atoms with Gasteiger partial charge in [0.25, 0.3) is 0 Å². The number of aryl methyl sites for hydroxylation is 2. The molecule has 0 saturated carbocycles. The van der Waals surface area contributed by atoms with Crippen LogP contribution in [0.3, 0.4) is 0 Å². The number of carbonyl (C=O) groups is 2. The summed E-state index contributed by atoms with van der Waals surface area (Å²) in [6, 6.07) is 8.76. The van der Waals surface area contributed by atoms with Crippen LogP contribution in [0.15, 0.2) is 34.9 Å². The van der Waals surface area contributed by atoms with Crippen LogP contribution in [0.4, 0.5) is 16.3 Å². The first-order valence-electron chi connectivity index (χ1n) is 8.97. The second kappa shape index (κ2) is 8.68. The standard InChI is InChI=1S/C19H24N4O4/c1-13-5-7-15(8-6-13)20-19(25)23(11-16-4-3-9-26-16)12-18(24)21-17-10-14(2)27-22-17/h5-8,10,16H,3-4,9,11-12H2,1-2H3,(H,20,25)(H,21,22,24). The Morgan fingerprint density at radius 3 is 2.63 bits per heavy atom. The molecule has 3 rings (SSSR count). The number of urea groups is 1. The van der Waals surface area contributed by atoms with Crippen LogP contribution in [-0.4, -0.2) is 47.8 Å². The molecule has 1 atom stereocenters. The predicted octanol–water partition coefficient (Wildman–Crippen LogP) is 2.94.